The Balaban J connectivity index is 2.87. The second-order valence-corrected chi connectivity index (χ2v) is 4.93. The van der Waals surface area contributed by atoms with Crippen molar-refractivity contribution in [2.75, 3.05) is 26.3 Å². The van der Waals surface area contributed by atoms with E-state index in [0.717, 1.165) is 0 Å². The van der Waals surface area contributed by atoms with E-state index >= 15 is 0 Å². The Hall–Kier alpha value is -1.05. The van der Waals surface area contributed by atoms with E-state index in [1.807, 2.05) is 0 Å². The quantitative estimate of drug-likeness (QED) is 0.807. The van der Waals surface area contributed by atoms with Gasteiger partial charge < -0.3 is 15.0 Å². The number of hydrogen-bond donors (Lipinski definition) is 1. The molecule has 1 aliphatic heterocycles. The van der Waals surface area contributed by atoms with Crippen LogP contribution in [0, 0.1) is 0 Å². The van der Waals surface area contributed by atoms with Crippen LogP contribution in [0.15, 0.2) is 0 Å². The molecule has 1 fully saturated rings. The van der Waals surface area contributed by atoms with Gasteiger partial charge in [-0.25, -0.2) is 22.4 Å². The summed E-state index contributed by atoms with van der Waals surface area (Å²) in [6.45, 7) is 2.27. The van der Waals surface area contributed by atoms with Crippen molar-refractivity contribution in [2.24, 2.45) is 0 Å². The van der Waals surface area contributed by atoms with Crippen molar-refractivity contribution in [2.45, 2.75) is 38.2 Å². The van der Waals surface area contributed by atoms with Gasteiger partial charge in [-0.15, -0.1) is 0 Å². The predicted molar refractivity (Wildman–Crippen MR) is 60.6 cm³/mol. The van der Waals surface area contributed by atoms with Gasteiger partial charge in [0.15, 0.2) is 5.54 Å². The van der Waals surface area contributed by atoms with Crippen LogP contribution in [0.4, 0.5) is 22.4 Å². The monoisotopic (exact) mass is 286 g/mol. The fourth-order valence-corrected chi connectivity index (χ4v) is 1.66. The van der Waals surface area contributed by atoms with Gasteiger partial charge in [0.2, 0.25) is 0 Å². The van der Waals surface area contributed by atoms with E-state index in [2.05, 4.69) is 0 Å². The van der Waals surface area contributed by atoms with Gasteiger partial charge in [-0.2, -0.15) is 0 Å². The number of nitrogens with zero attached hydrogens (tertiary/aromatic N) is 1. The van der Waals surface area contributed by atoms with Gasteiger partial charge in [-0.1, -0.05) is 0 Å². The van der Waals surface area contributed by atoms with Crippen molar-refractivity contribution in [3.05, 3.63) is 0 Å². The molecule has 0 radical (unpaired) electrons. The number of carbonyl (C=O) groups excluding carboxylic acids is 1. The van der Waals surface area contributed by atoms with Crippen LogP contribution in [0.2, 0.25) is 0 Å². The van der Waals surface area contributed by atoms with Gasteiger partial charge in [-0.05, 0) is 6.92 Å². The molecule has 0 spiro atoms. The summed E-state index contributed by atoms with van der Waals surface area (Å²) >= 11 is 0. The third kappa shape index (κ3) is 3.29. The molecule has 0 saturated carbocycles. The zero-order chi connectivity index (χ0) is 14.9. The summed E-state index contributed by atoms with van der Waals surface area (Å²) in [5, 5.41) is 1.77. The van der Waals surface area contributed by atoms with Crippen LogP contribution in [-0.4, -0.2) is 54.6 Å². The lowest BCUT2D eigenvalue weighted by Crippen LogP contribution is -2.68. The summed E-state index contributed by atoms with van der Waals surface area (Å²) in [6, 6.07) is -0.936. The largest absolute Gasteiger partial charge is 0.378 e. The van der Waals surface area contributed by atoms with Crippen molar-refractivity contribution in [1.29, 1.82) is 0 Å². The minimum atomic E-state index is -3.77. The van der Waals surface area contributed by atoms with Crippen molar-refractivity contribution in [3.8, 4) is 0 Å². The van der Waals surface area contributed by atoms with E-state index in [0.29, 0.717) is 20.8 Å². The van der Waals surface area contributed by atoms with Crippen molar-refractivity contribution in [1.82, 2.24) is 10.2 Å². The Kier molecular flexibility index (Phi) is 4.33. The lowest BCUT2D eigenvalue weighted by Gasteiger charge is -2.41. The second-order valence-electron chi connectivity index (χ2n) is 4.93. The fraction of sp³-hybridized carbons (Fsp3) is 0.909. The highest BCUT2D eigenvalue weighted by atomic mass is 19.3. The number of carbonyl (C=O) groups is 1. The first-order valence-electron chi connectivity index (χ1n) is 5.89. The third-order valence-corrected chi connectivity index (χ3v) is 3.41. The summed E-state index contributed by atoms with van der Waals surface area (Å²) in [5.41, 5.74) is -2.95. The molecule has 0 unspecified atom stereocenters. The van der Waals surface area contributed by atoms with Gasteiger partial charge in [0.1, 0.15) is 0 Å². The molecule has 1 rings (SSSR count). The Labute approximate surface area is 109 Å². The molecule has 0 aromatic rings. The zero-order valence-corrected chi connectivity index (χ0v) is 11.1. The maximum atomic E-state index is 13.5. The number of rotatable bonds is 3. The van der Waals surface area contributed by atoms with Crippen LogP contribution < -0.4 is 5.32 Å². The third-order valence-electron chi connectivity index (χ3n) is 3.41. The number of halogens is 4. The topological polar surface area (TPSA) is 41.6 Å². The van der Waals surface area contributed by atoms with Crippen LogP contribution in [0.25, 0.3) is 0 Å². The number of amides is 2. The summed E-state index contributed by atoms with van der Waals surface area (Å²) in [4.78, 5) is 13.0. The van der Waals surface area contributed by atoms with Crippen LogP contribution in [-0.2, 0) is 4.74 Å². The van der Waals surface area contributed by atoms with Crippen LogP contribution in [0.5, 0.6) is 0 Å². The Morgan fingerprint density at radius 3 is 1.84 bits per heavy atom. The number of alkyl halides is 4. The van der Waals surface area contributed by atoms with Gasteiger partial charge in [-0.3, -0.25) is 0 Å². The highest BCUT2D eigenvalue weighted by Gasteiger charge is 2.61. The molecule has 2 amide bonds. The van der Waals surface area contributed by atoms with E-state index in [4.69, 9.17) is 4.74 Å². The van der Waals surface area contributed by atoms with Crippen LogP contribution in [0.3, 0.4) is 0 Å². The molecule has 1 saturated heterocycles. The van der Waals surface area contributed by atoms with Crippen molar-refractivity contribution in [3.63, 3.8) is 0 Å². The molecule has 1 N–H and O–H groups in total. The molecule has 0 aliphatic carbocycles. The molecule has 1 heterocycles. The molecule has 112 valence electrons. The normalized spacial score (nSPS) is 18.4. The van der Waals surface area contributed by atoms with Gasteiger partial charge in [0, 0.05) is 26.9 Å². The SMILES string of the molecule is CC(F)(F)C(C)(NC(=O)N1CCOCC1)C(C)(F)F. The highest BCUT2D eigenvalue weighted by molar-refractivity contribution is 5.75. The number of ether oxygens (including phenoxy) is 1. The standard InChI is InChI=1S/C11H18F4N2O2/c1-9(10(2,12)13,11(3,14)15)16-8(18)17-4-6-19-7-5-17/h4-7H2,1-3H3,(H,16,18). The molecule has 0 aromatic carbocycles. The van der Waals surface area contributed by atoms with Crippen LogP contribution >= 0.6 is 0 Å². The zero-order valence-electron chi connectivity index (χ0n) is 11.1. The first-order valence-corrected chi connectivity index (χ1v) is 5.89. The minimum absolute atomic E-state index is 0.187. The number of urea groups is 1. The maximum absolute atomic E-state index is 13.5. The van der Waals surface area contributed by atoms with E-state index in [-0.39, 0.29) is 26.3 Å². The lowest BCUT2D eigenvalue weighted by molar-refractivity contribution is -0.175. The molecule has 19 heavy (non-hydrogen) atoms. The average Bonchev–Trinajstić information content (AvgIpc) is 2.27. The average molecular weight is 286 g/mol. The molecule has 0 atom stereocenters. The summed E-state index contributed by atoms with van der Waals surface area (Å²) in [7, 11) is 0. The van der Waals surface area contributed by atoms with E-state index in [9.17, 15) is 22.4 Å². The molecular formula is C11H18F4N2O2. The van der Waals surface area contributed by atoms with E-state index in [1.54, 1.807) is 5.32 Å². The Morgan fingerprint density at radius 2 is 1.47 bits per heavy atom. The lowest BCUT2D eigenvalue weighted by atomic mass is 9.88. The molecule has 0 bridgehead atoms. The van der Waals surface area contributed by atoms with Crippen molar-refractivity contribution < 1.29 is 27.1 Å². The first kappa shape index (κ1) is 16.0. The van der Waals surface area contributed by atoms with Crippen molar-refractivity contribution >= 4 is 6.03 Å². The van der Waals surface area contributed by atoms with Gasteiger partial charge in [0.25, 0.3) is 11.8 Å². The Bertz CT molecular complexity index is 319. The Morgan fingerprint density at radius 1 is 1.05 bits per heavy atom. The fourth-order valence-electron chi connectivity index (χ4n) is 1.66. The molecule has 1 aliphatic rings. The first-order chi connectivity index (χ1) is 8.49. The maximum Gasteiger partial charge on any atom is 0.318 e. The van der Waals surface area contributed by atoms with E-state index in [1.165, 1.54) is 4.90 Å². The predicted octanol–water partition coefficient (Wildman–Crippen LogP) is 2.10. The summed E-state index contributed by atoms with van der Waals surface area (Å²) < 4.78 is 58.8. The molecule has 8 heteroatoms. The molecule has 4 nitrogen and oxygen atoms in total. The second kappa shape index (κ2) is 5.15. The molecule has 0 aromatic heterocycles. The smallest absolute Gasteiger partial charge is 0.318 e. The van der Waals surface area contributed by atoms with Crippen LogP contribution in [0.1, 0.15) is 20.8 Å². The minimum Gasteiger partial charge on any atom is -0.378 e. The number of nitrogens with one attached hydrogen (secondary N) is 1. The van der Waals surface area contributed by atoms with E-state index < -0.39 is 23.4 Å². The summed E-state index contributed by atoms with van der Waals surface area (Å²) in [5.74, 6) is -7.54. The number of hydrogen-bond acceptors (Lipinski definition) is 2. The molecular weight excluding hydrogens is 268 g/mol. The van der Waals surface area contributed by atoms with Gasteiger partial charge in [0.05, 0.1) is 13.2 Å². The highest BCUT2D eigenvalue weighted by Crippen LogP contribution is 2.40. The van der Waals surface area contributed by atoms with Gasteiger partial charge >= 0.3 is 6.03 Å². The number of morpholine rings is 1. The summed E-state index contributed by atoms with van der Waals surface area (Å²) in [6.07, 6.45) is 0.